The van der Waals surface area contributed by atoms with E-state index < -0.39 is 34.4 Å². The van der Waals surface area contributed by atoms with E-state index in [-0.39, 0.29) is 17.4 Å². The van der Waals surface area contributed by atoms with E-state index in [4.69, 9.17) is 27.9 Å². The monoisotopic (exact) mass is 766 g/mol. The molecule has 0 aliphatic carbocycles. The molecule has 0 amide bonds. The molecule has 10 nitrogen and oxygen atoms in total. The number of ether oxygens (including phenoxy) is 4. The van der Waals surface area contributed by atoms with Crippen LogP contribution in [0.5, 0.6) is 11.5 Å². The molecule has 0 bridgehead atoms. The second kappa shape index (κ2) is 16.1. The summed E-state index contributed by atoms with van der Waals surface area (Å²) in [7, 11) is -7.80. The molecule has 0 N–H and O–H groups in total. The van der Waals surface area contributed by atoms with Crippen LogP contribution < -0.4 is 9.47 Å². The SMILES string of the molecule is CCOP(C)(=O)CN(Cc1cccc2c1OC(C)(C)OC2)C(CO[Si](C)(C)C(C)(C)C)CN(Cc1cccc2c1OC(C)(C)OC2)CP(C)(C)=O. The lowest BCUT2D eigenvalue weighted by Gasteiger charge is -2.42. The Labute approximate surface area is 308 Å². The summed E-state index contributed by atoms with van der Waals surface area (Å²) in [6, 6.07) is 12.0. The summed E-state index contributed by atoms with van der Waals surface area (Å²) in [5, 5.41) is -0.0107. The van der Waals surface area contributed by atoms with Gasteiger partial charge in [0.15, 0.2) is 8.32 Å². The van der Waals surface area contributed by atoms with Gasteiger partial charge in [0.2, 0.25) is 18.9 Å². The molecule has 51 heavy (non-hydrogen) atoms. The molecule has 4 rings (SSSR count). The van der Waals surface area contributed by atoms with Crippen molar-refractivity contribution in [2.75, 3.05) is 52.3 Å². The molecule has 2 aromatic carbocycles. The highest BCUT2D eigenvalue weighted by molar-refractivity contribution is 7.62. The van der Waals surface area contributed by atoms with Gasteiger partial charge in [-0.2, -0.15) is 0 Å². The Hall–Kier alpha value is -1.52. The van der Waals surface area contributed by atoms with Crippen molar-refractivity contribution in [1.82, 2.24) is 9.80 Å². The summed E-state index contributed by atoms with van der Waals surface area (Å²) >= 11 is 0. The van der Waals surface area contributed by atoms with Crippen molar-refractivity contribution in [3.05, 3.63) is 58.7 Å². The smallest absolute Gasteiger partial charge is 0.213 e. The van der Waals surface area contributed by atoms with Gasteiger partial charge < -0.3 is 32.5 Å². The molecule has 2 unspecified atom stereocenters. The quantitative estimate of drug-likeness (QED) is 0.122. The van der Waals surface area contributed by atoms with Crippen molar-refractivity contribution in [2.24, 2.45) is 0 Å². The van der Waals surface area contributed by atoms with Gasteiger partial charge in [-0.05, 0) is 38.4 Å². The molecule has 2 heterocycles. The number of benzene rings is 2. The number of hydrogen-bond acceptors (Lipinski definition) is 10. The van der Waals surface area contributed by atoms with Gasteiger partial charge in [0.1, 0.15) is 11.5 Å². The molecule has 2 aromatic rings. The van der Waals surface area contributed by atoms with Crippen molar-refractivity contribution in [2.45, 2.75) is 117 Å². The first-order chi connectivity index (χ1) is 23.4. The number of para-hydroxylation sites is 2. The summed E-state index contributed by atoms with van der Waals surface area (Å²) in [6.07, 6.45) is 0.612. The van der Waals surface area contributed by atoms with Crippen LogP contribution in [0.1, 0.15) is 77.6 Å². The van der Waals surface area contributed by atoms with Gasteiger partial charge in [-0.25, -0.2) is 0 Å². The molecule has 0 saturated heterocycles. The van der Waals surface area contributed by atoms with E-state index in [1.807, 2.05) is 72.2 Å². The lowest BCUT2D eigenvalue weighted by Crippen LogP contribution is -2.50. The average molecular weight is 767 g/mol. The van der Waals surface area contributed by atoms with Gasteiger partial charge in [-0.15, -0.1) is 0 Å². The number of hydrogen-bond donors (Lipinski definition) is 0. The Bertz CT molecular complexity index is 1600. The highest BCUT2D eigenvalue weighted by Gasteiger charge is 2.40. The van der Waals surface area contributed by atoms with Crippen molar-refractivity contribution in [1.29, 1.82) is 0 Å². The minimum absolute atomic E-state index is 0.0107. The highest BCUT2D eigenvalue weighted by Crippen LogP contribution is 2.46. The first kappa shape index (κ1) is 42.2. The van der Waals surface area contributed by atoms with Crippen LogP contribution in [0.3, 0.4) is 0 Å². The Morgan fingerprint density at radius 2 is 1.35 bits per heavy atom. The topological polar surface area (TPSA) is 96.0 Å². The summed E-state index contributed by atoms with van der Waals surface area (Å²) in [5.41, 5.74) is 3.96. The molecule has 0 radical (unpaired) electrons. The number of fused-ring (bicyclic) bond motifs is 2. The fourth-order valence-corrected chi connectivity index (χ4v) is 10.1. The van der Waals surface area contributed by atoms with E-state index in [0.717, 1.165) is 33.8 Å². The molecule has 0 saturated carbocycles. The predicted octanol–water partition coefficient (Wildman–Crippen LogP) is 9.15. The first-order valence-electron chi connectivity index (χ1n) is 18.1. The van der Waals surface area contributed by atoms with Gasteiger partial charge in [0, 0.05) is 82.3 Å². The Balaban J connectivity index is 1.79. The van der Waals surface area contributed by atoms with Crippen molar-refractivity contribution in [3.63, 3.8) is 0 Å². The van der Waals surface area contributed by atoms with E-state index >= 15 is 0 Å². The van der Waals surface area contributed by atoms with E-state index in [2.05, 4.69) is 55.8 Å². The molecular formula is C38H64N2O8P2Si. The van der Waals surface area contributed by atoms with E-state index in [9.17, 15) is 9.13 Å². The van der Waals surface area contributed by atoms with Crippen molar-refractivity contribution < 1.29 is 37.0 Å². The van der Waals surface area contributed by atoms with Gasteiger partial charge >= 0.3 is 0 Å². The zero-order valence-electron chi connectivity index (χ0n) is 33.5. The summed E-state index contributed by atoms with van der Waals surface area (Å²) in [6.45, 7) is 29.3. The third-order valence-electron chi connectivity index (χ3n) is 9.78. The van der Waals surface area contributed by atoms with Crippen LogP contribution in [-0.4, -0.2) is 88.1 Å². The predicted molar refractivity (Wildman–Crippen MR) is 209 cm³/mol. The first-order valence-corrected chi connectivity index (χ1v) is 26.1. The van der Waals surface area contributed by atoms with Crippen molar-refractivity contribution >= 4 is 22.8 Å². The largest absolute Gasteiger partial charge is 0.462 e. The van der Waals surface area contributed by atoms with Gasteiger partial charge in [0.05, 0.1) is 46.1 Å². The van der Waals surface area contributed by atoms with Gasteiger partial charge in [-0.3, -0.25) is 14.4 Å². The lowest BCUT2D eigenvalue weighted by atomic mass is 10.1. The molecule has 0 spiro atoms. The molecule has 2 aliphatic heterocycles. The Morgan fingerprint density at radius 1 is 0.843 bits per heavy atom. The van der Waals surface area contributed by atoms with Crippen LogP contribution in [-0.2, 0) is 53.9 Å². The Kier molecular flexibility index (Phi) is 13.3. The normalized spacial score (nSPS) is 19.1. The molecular weight excluding hydrogens is 702 g/mol. The minimum Gasteiger partial charge on any atom is -0.462 e. The summed E-state index contributed by atoms with van der Waals surface area (Å²) in [4.78, 5) is 4.49. The molecule has 2 atom stereocenters. The third-order valence-corrected chi connectivity index (χ3v) is 17.0. The van der Waals surface area contributed by atoms with Crippen LogP contribution in [0.15, 0.2) is 36.4 Å². The molecule has 13 heteroatoms. The molecule has 0 fully saturated rings. The van der Waals surface area contributed by atoms with E-state index in [1.165, 1.54) is 0 Å². The van der Waals surface area contributed by atoms with Gasteiger partial charge in [0.25, 0.3) is 0 Å². The second-order valence-electron chi connectivity index (χ2n) is 17.2. The van der Waals surface area contributed by atoms with E-state index in [0.29, 0.717) is 52.3 Å². The summed E-state index contributed by atoms with van der Waals surface area (Å²) < 4.78 is 65.2. The molecule has 288 valence electrons. The van der Waals surface area contributed by atoms with Crippen molar-refractivity contribution in [3.8, 4) is 11.5 Å². The lowest BCUT2D eigenvalue weighted by molar-refractivity contribution is -0.181. The molecule has 2 aliphatic rings. The van der Waals surface area contributed by atoms with Crippen LogP contribution in [0.4, 0.5) is 0 Å². The summed E-state index contributed by atoms with van der Waals surface area (Å²) in [5.74, 6) is 0.0825. The van der Waals surface area contributed by atoms with Gasteiger partial charge in [-0.1, -0.05) is 57.2 Å². The maximum Gasteiger partial charge on any atom is 0.213 e. The zero-order valence-corrected chi connectivity index (χ0v) is 36.2. The average Bonchev–Trinajstić information content (AvgIpc) is 2.97. The fraction of sp³-hybridized carbons (Fsp3) is 0.684. The van der Waals surface area contributed by atoms with Crippen LogP contribution in [0.25, 0.3) is 0 Å². The fourth-order valence-electron chi connectivity index (χ4n) is 6.21. The minimum atomic E-state index is -3.06. The Morgan fingerprint density at radius 3 is 1.82 bits per heavy atom. The maximum absolute atomic E-state index is 14.1. The highest BCUT2D eigenvalue weighted by atomic mass is 31.2. The standard InChI is InChI=1S/C38H64N2O8P2Si/c1-14-45-50(11,42)28-40(22-30-18-16-20-32-25-44-38(7,8)48-35(30)32)33(26-46-51(12,13)36(2,3)4)23-39(27-49(9,10)41)21-29-17-15-19-31-24-43-37(5,6)47-34(29)31/h15-20,33H,14,21-28H2,1-13H3. The number of nitrogens with zero attached hydrogens (tertiary/aromatic N) is 2. The second-order valence-corrected chi connectivity index (χ2v) is 28.0. The van der Waals surface area contributed by atoms with Crippen LogP contribution in [0.2, 0.25) is 18.1 Å². The van der Waals surface area contributed by atoms with Crippen LogP contribution in [0, 0.1) is 0 Å². The molecule has 0 aromatic heterocycles. The third kappa shape index (κ3) is 12.0. The van der Waals surface area contributed by atoms with Crippen LogP contribution >= 0.6 is 14.5 Å². The number of rotatable bonds is 16. The maximum atomic E-state index is 14.1. The van der Waals surface area contributed by atoms with E-state index in [1.54, 1.807) is 6.66 Å². The zero-order chi connectivity index (χ0) is 38.0.